The Morgan fingerprint density at radius 1 is 1.16 bits per heavy atom. The average Bonchev–Trinajstić information content (AvgIpc) is 3.09. The van der Waals surface area contributed by atoms with Crippen LogP contribution in [0.25, 0.3) is 6.08 Å². The van der Waals surface area contributed by atoms with Crippen LogP contribution in [0.1, 0.15) is 25.0 Å². The molecule has 0 aromatic heterocycles. The molecule has 2 aliphatic heterocycles. The molecule has 0 N–H and O–H groups in total. The minimum absolute atomic E-state index is 0.0794. The van der Waals surface area contributed by atoms with Crippen LogP contribution in [0, 0.1) is 0 Å². The monoisotopic (exact) mass is 448 g/mol. The highest BCUT2D eigenvalue weighted by atomic mass is 32.2. The lowest BCUT2D eigenvalue weighted by molar-refractivity contribution is -0.141. The van der Waals surface area contributed by atoms with E-state index in [0.29, 0.717) is 22.2 Å². The number of para-hydroxylation sites is 1. The number of amides is 1. The first-order chi connectivity index (χ1) is 15.5. The molecule has 6 nitrogen and oxygen atoms in total. The van der Waals surface area contributed by atoms with Crippen LogP contribution >= 0.6 is 11.8 Å². The normalized spacial score (nSPS) is 20.4. The van der Waals surface area contributed by atoms with E-state index in [2.05, 4.69) is 4.99 Å². The molecule has 32 heavy (non-hydrogen) atoms. The van der Waals surface area contributed by atoms with E-state index in [1.165, 1.54) is 11.8 Å². The van der Waals surface area contributed by atoms with Gasteiger partial charge in [-0.3, -0.25) is 9.69 Å². The van der Waals surface area contributed by atoms with E-state index in [4.69, 9.17) is 9.47 Å². The van der Waals surface area contributed by atoms with E-state index in [0.717, 1.165) is 11.1 Å². The molecule has 0 saturated carbocycles. The van der Waals surface area contributed by atoms with Crippen LogP contribution < -0.4 is 4.74 Å². The Labute approximate surface area is 191 Å². The molecule has 1 fully saturated rings. The second-order valence-corrected chi connectivity index (χ2v) is 8.78. The van der Waals surface area contributed by atoms with Gasteiger partial charge in [-0.2, -0.15) is 0 Å². The third-order valence-electron chi connectivity index (χ3n) is 5.33. The maximum atomic E-state index is 13.2. The van der Waals surface area contributed by atoms with E-state index < -0.39 is 12.0 Å². The standard InChI is InChI=1S/C25H24N2O4S/c1-16-22(24(29)31-15-18-9-5-4-6-10-18)20(27-23(28)17(2)32-25(27)26-16)14-13-19-11-7-8-12-21(19)30-3/h4-14,17,20H,15H2,1-3H3/b14-13+/t17-,20+/m0/s1. The molecule has 0 bridgehead atoms. The van der Waals surface area contributed by atoms with Gasteiger partial charge in [-0.1, -0.05) is 72.4 Å². The Bertz CT molecular complexity index is 1120. The fraction of sp³-hybridized carbons (Fsp3) is 0.240. The number of fused-ring (bicyclic) bond motifs is 1. The zero-order chi connectivity index (χ0) is 22.7. The van der Waals surface area contributed by atoms with Gasteiger partial charge in [0.05, 0.1) is 29.7 Å². The van der Waals surface area contributed by atoms with Gasteiger partial charge < -0.3 is 9.47 Å². The molecule has 7 heteroatoms. The summed E-state index contributed by atoms with van der Waals surface area (Å²) in [5.41, 5.74) is 2.65. The van der Waals surface area contributed by atoms with Crippen molar-refractivity contribution in [1.82, 2.24) is 4.90 Å². The maximum absolute atomic E-state index is 13.2. The van der Waals surface area contributed by atoms with E-state index >= 15 is 0 Å². The summed E-state index contributed by atoms with van der Waals surface area (Å²) >= 11 is 1.40. The summed E-state index contributed by atoms with van der Waals surface area (Å²) in [5, 5.41) is 0.345. The number of carbonyl (C=O) groups excluding carboxylic acids is 2. The van der Waals surface area contributed by atoms with Gasteiger partial charge in [0, 0.05) is 5.56 Å². The number of carbonyl (C=O) groups is 2. The van der Waals surface area contributed by atoms with Crippen molar-refractivity contribution in [3.8, 4) is 5.75 Å². The molecule has 4 rings (SSSR count). The summed E-state index contributed by atoms with van der Waals surface area (Å²) in [6, 6.07) is 16.5. The lowest BCUT2D eigenvalue weighted by atomic mass is 10.00. The van der Waals surface area contributed by atoms with Gasteiger partial charge in [-0.25, -0.2) is 9.79 Å². The van der Waals surface area contributed by atoms with Crippen molar-refractivity contribution in [2.45, 2.75) is 31.7 Å². The second kappa shape index (κ2) is 9.44. The third-order valence-corrected chi connectivity index (χ3v) is 6.38. The van der Waals surface area contributed by atoms with Gasteiger partial charge in [0.15, 0.2) is 5.17 Å². The van der Waals surface area contributed by atoms with Gasteiger partial charge in [0.1, 0.15) is 12.4 Å². The minimum Gasteiger partial charge on any atom is -0.496 e. The average molecular weight is 449 g/mol. The Hall–Kier alpha value is -3.32. The van der Waals surface area contributed by atoms with Gasteiger partial charge in [0.2, 0.25) is 5.91 Å². The number of allylic oxidation sites excluding steroid dienone is 1. The summed E-state index contributed by atoms with van der Waals surface area (Å²) in [6.45, 7) is 3.77. The molecule has 2 atom stereocenters. The third kappa shape index (κ3) is 4.34. The molecule has 0 unspecified atom stereocenters. The van der Waals surface area contributed by atoms with Crippen molar-refractivity contribution in [3.05, 3.63) is 83.1 Å². The number of rotatable bonds is 6. The zero-order valence-corrected chi connectivity index (χ0v) is 19.0. The van der Waals surface area contributed by atoms with Crippen molar-refractivity contribution in [2.24, 2.45) is 4.99 Å². The Morgan fingerprint density at radius 3 is 2.62 bits per heavy atom. The number of aliphatic imine (C=N–C) groups is 1. The number of hydrogen-bond acceptors (Lipinski definition) is 6. The highest BCUT2D eigenvalue weighted by Gasteiger charge is 2.44. The van der Waals surface area contributed by atoms with E-state index in [1.807, 2.05) is 73.7 Å². The van der Waals surface area contributed by atoms with E-state index in [1.54, 1.807) is 18.9 Å². The summed E-state index contributed by atoms with van der Waals surface area (Å²) < 4.78 is 11.0. The highest BCUT2D eigenvalue weighted by Crippen LogP contribution is 2.37. The predicted molar refractivity (Wildman–Crippen MR) is 126 cm³/mol. The number of thioether (sulfide) groups is 1. The Kier molecular flexibility index (Phi) is 6.46. The van der Waals surface area contributed by atoms with E-state index in [-0.39, 0.29) is 17.8 Å². The highest BCUT2D eigenvalue weighted by molar-refractivity contribution is 8.15. The van der Waals surface area contributed by atoms with Crippen LogP contribution in [0.3, 0.4) is 0 Å². The maximum Gasteiger partial charge on any atom is 0.338 e. The van der Waals surface area contributed by atoms with Gasteiger partial charge >= 0.3 is 5.97 Å². The summed E-state index contributed by atoms with van der Waals surface area (Å²) in [7, 11) is 1.61. The van der Waals surface area contributed by atoms with Crippen molar-refractivity contribution in [1.29, 1.82) is 0 Å². The van der Waals surface area contributed by atoms with Gasteiger partial charge in [0.25, 0.3) is 0 Å². The van der Waals surface area contributed by atoms with Crippen molar-refractivity contribution in [2.75, 3.05) is 7.11 Å². The molecule has 2 aromatic carbocycles. The lowest BCUT2D eigenvalue weighted by Gasteiger charge is -2.30. The smallest absolute Gasteiger partial charge is 0.338 e. The van der Waals surface area contributed by atoms with Crippen LogP contribution in [-0.2, 0) is 20.9 Å². The van der Waals surface area contributed by atoms with Crippen LogP contribution in [-0.4, -0.2) is 40.3 Å². The fourth-order valence-electron chi connectivity index (χ4n) is 3.69. The number of nitrogens with zero attached hydrogens (tertiary/aromatic N) is 2. The van der Waals surface area contributed by atoms with Crippen LogP contribution in [0.2, 0.25) is 0 Å². The molecular weight excluding hydrogens is 424 g/mol. The molecule has 1 saturated heterocycles. The predicted octanol–water partition coefficient (Wildman–Crippen LogP) is 4.43. The summed E-state index contributed by atoms with van der Waals surface area (Å²) in [4.78, 5) is 32.2. The molecule has 0 aliphatic carbocycles. The van der Waals surface area contributed by atoms with Crippen LogP contribution in [0.4, 0.5) is 0 Å². The fourth-order valence-corrected chi connectivity index (χ4v) is 4.73. The number of methoxy groups -OCH3 is 1. The number of hydrogen-bond donors (Lipinski definition) is 0. The van der Waals surface area contributed by atoms with Gasteiger partial charge in [-0.05, 0) is 25.5 Å². The molecular formula is C25H24N2O4S. The topological polar surface area (TPSA) is 68.2 Å². The molecule has 0 spiro atoms. The summed E-state index contributed by atoms with van der Waals surface area (Å²) in [6.07, 6.45) is 3.71. The second-order valence-electron chi connectivity index (χ2n) is 7.47. The van der Waals surface area contributed by atoms with Crippen molar-refractivity contribution >= 4 is 34.9 Å². The van der Waals surface area contributed by atoms with Crippen molar-refractivity contribution in [3.63, 3.8) is 0 Å². The lowest BCUT2D eigenvalue weighted by Crippen LogP contribution is -2.45. The van der Waals surface area contributed by atoms with Crippen LogP contribution in [0.15, 0.2) is 76.9 Å². The molecule has 2 aliphatic rings. The zero-order valence-electron chi connectivity index (χ0n) is 18.1. The number of benzene rings is 2. The SMILES string of the molecule is COc1ccccc1/C=C/[C@@H]1C(C(=O)OCc2ccccc2)=C(C)N=C2S[C@@H](C)C(=O)N21. The largest absolute Gasteiger partial charge is 0.496 e. The summed E-state index contributed by atoms with van der Waals surface area (Å²) in [5.74, 6) is 0.142. The molecule has 2 heterocycles. The number of ether oxygens (including phenoxy) is 2. The Balaban J connectivity index is 1.67. The quantitative estimate of drug-likeness (QED) is 0.612. The first-order valence-corrected chi connectivity index (χ1v) is 11.2. The molecule has 2 aromatic rings. The number of amidine groups is 1. The first kappa shape index (κ1) is 21.9. The molecule has 0 radical (unpaired) electrons. The minimum atomic E-state index is -0.611. The Morgan fingerprint density at radius 2 is 1.88 bits per heavy atom. The molecule has 1 amide bonds. The molecule has 164 valence electrons. The van der Waals surface area contributed by atoms with E-state index in [9.17, 15) is 9.59 Å². The van der Waals surface area contributed by atoms with Crippen LogP contribution in [0.5, 0.6) is 5.75 Å². The first-order valence-electron chi connectivity index (χ1n) is 10.3. The number of esters is 1. The van der Waals surface area contributed by atoms with Crippen molar-refractivity contribution < 1.29 is 19.1 Å². The van der Waals surface area contributed by atoms with Gasteiger partial charge in [-0.15, -0.1) is 0 Å².